The zero-order valence-corrected chi connectivity index (χ0v) is 11.9. The van der Waals surface area contributed by atoms with Crippen molar-refractivity contribution in [3.8, 4) is 0 Å². The van der Waals surface area contributed by atoms with Gasteiger partial charge in [0, 0.05) is 6.04 Å². The Morgan fingerprint density at radius 3 is 2.78 bits per heavy atom. The standard InChI is InChI=1S/C17H27N/c1-3-5-9-16(18-11-4-2)13-15-12-14-8-6-7-10-17(14)15/h6-8,10,15-16,18H,3-5,9,11-13H2,1-2H3. The number of benzene rings is 1. The van der Waals surface area contributed by atoms with E-state index < -0.39 is 0 Å². The lowest BCUT2D eigenvalue weighted by atomic mass is 9.74. The Kier molecular flexibility index (Phi) is 5.25. The second kappa shape index (κ2) is 6.94. The fourth-order valence-corrected chi connectivity index (χ4v) is 3.02. The molecule has 2 atom stereocenters. The van der Waals surface area contributed by atoms with E-state index in [1.807, 2.05) is 0 Å². The summed E-state index contributed by atoms with van der Waals surface area (Å²) >= 11 is 0. The Morgan fingerprint density at radius 2 is 2.06 bits per heavy atom. The molecule has 0 spiro atoms. The van der Waals surface area contributed by atoms with Crippen LogP contribution < -0.4 is 5.32 Å². The van der Waals surface area contributed by atoms with Gasteiger partial charge in [-0.25, -0.2) is 0 Å². The smallest absolute Gasteiger partial charge is 0.00729 e. The maximum atomic E-state index is 3.73. The average Bonchev–Trinajstić information content (AvgIpc) is 2.38. The molecule has 0 saturated heterocycles. The molecule has 0 radical (unpaired) electrons. The molecule has 0 fully saturated rings. The van der Waals surface area contributed by atoms with E-state index in [-0.39, 0.29) is 0 Å². The average molecular weight is 245 g/mol. The van der Waals surface area contributed by atoms with Gasteiger partial charge in [-0.2, -0.15) is 0 Å². The van der Waals surface area contributed by atoms with E-state index in [4.69, 9.17) is 0 Å². The summed E-state index contributed by atoms with van der Waals surface area (Å²) in [4.78, 5) is 0. The fraction of sp³-hybridized carbons (Fsp3) is 0.647. The monoisotopic (exact) mass is 245 g/mol. The number of fused-ring (bicyclic) bond motifs is 1. The molecule has 1 aromatic carbocycles. The molecule has 1 nitrogen and oxygen atoms in total. The summed E-state index contributed by atoms with van der Waals surface area (Å²) in [5, 5.41) is 3.73. The molecular weight excluding hydrogens is 218 g/mol. The Balaban J connectivity index is 1.85. The van der Waals surface area contributed by atoms with Gasteiger partial charge >= 0.3 is 0 Å². The predicted octanol–water partition coefficient (Wildman–Crippen LogP) is 4.27. The van der Waals surface area contributed by atoms with Crippen LogP contribution in [0.1, 0.15) is 63.0 Å². The first kappa shape index (κ1) is 13.6. The molecule has 0 amide bonds. The van der Waals surface area contributed by atoms with Crippen molar-refractivity contribution in [3.63, 3.8) is 0 Å². The van der Waals surface area contributed by atoms with Crippen LogP contribution in [0.3, 0.4) is 0 Å². The molecule has 2 rings (SSSR count). The van der Waals surface area contributed by atoms with Gasteiger partial charge in [0.05, 0.1) is 0 Å². The van der Waals surface area contributed by atoms with Crippen molar-refractivity contribution in [1.29, 1.82) is 0 Å². The van der Waals surface area contributed by atoms with Gasteiger partial charge < -0.3 is 5.32 Å². The molecule has 0 aliphatic heterocycles. The van der Waals surface area contributed by atoms with Crippen LogP contribution in [0.5, 0.6) is 0 Å². The van der Waals surface area contributed by atoms with Gasteiger partial charge in [-0.15, -0.1) is 0 Å². The molecule has 0 bridgehead atoms. The van der Waals surface area contributed by atoms with Crippen LogP contribution in [0.4, 0.5) is 0 Å². The van der Waals surface area contributed by atoms with Gasteiger partial charge in [-0.3, -0.25) is 0 Å². The molecule has 0 aromatic heterocycles. The lowest BCUT2D eigenvalue weighted by molar-refractivity contribution is 0.390. The van der Waals surface area contributed by atoms with Gasteiger partial charge in [0.2, 0.25) is 0 Å². The maximum absolute atomic E-state index is 3.73. The van der Waals surface area contributed by atoms with Gasteiger partial charge in [-0.05, 0) is 49.3 Å². The van der Waals surface area contributed by atoms with E-state index in [9.17, 15) is 0 Å². The van der Waals surface area contributed by atoms with Crippen molar-refractivity contribution in [1.82, 2.24) is 5.32 Å². The molecule has 0 saturated carbocycles. The Labute approximate surface area is 112 Å². The third kappa shape index (κ3) is 3.35. The zero-order chi connectivity index (χ0) is 12.8. The molecule has 2 unspecified atom stereocenters. The van der Waals surface area contributed by atoms with Gasteiger partial charge in [0.15, 0.2) is 0 Å². The maximum Gasteiger partial charge on any atom is 0.00729 e. The lowest BCUT2D eigenvalue weighted by Crippen LogP contribution is -2.33. The first-order chi connectivity index (χ1) is 8.85. The molecule has 1 aliphatic rings. The summed E-state index contributed by atoms with van der Waals surface area (Å²) in [7, 11) is 0. The highest BCUT2D eigenvalue weighted by Crippen LogP contribution is 2.38. The van der Waals surface area contributed by atoms with Crippen LogP contribution in [-0.2, 0) is 6.42 Å². The molecule has 1 aromatic rings. The summed E-state index contributed by atoms with van der Waals surface area (Å²) in [6, 6.07) is 9.68. The van der Waals surface area contributed by atoms with Crippen LogP contribution in [0.15, 0.2) is 24.3 Å². The SMILES string of the molecule is CCCCC(CC1Cc2ccccc21)NCCC. The van der Waals surface area contributed by atoms with Crippen molar-refractivity contribution < 1.29 is 0 Å². The van der Waals surface area contributed by atoms with Gasteiger partial charge in [0.25, 0.3) is 0 Å². The Hall–Kier alpha value is -0.820. The number of nitrogens with one attached hydrogen (secondary N) is 1. The van der Waals surface area contributed by atoms with E-state index in [2.05, 4.69) is 43.4 Å². The van der Waals surface area contributed by atoms with Crippen LogP contribution in [0, 0.1) is 0 Å². The second-order valence-corrected chi connectivity index (χ2v) is 5.63. The first-order valence-electron chi connectivity index (χ1n) is 7.66. The first-order valence-corrected chi connectivity index (χ1v) is 7.66. The van der Waals surface area contributed by atoms with Crippen molar-refractivity contribution in [3.05, 3.63) is 35.4 Å². The summed E-state index contributed by atoms with van der Waals surface area (Å²) in [6.07, 6.45) is 7.88. The van der Waals surface area contributed by atoms with E-state index in [1.54, 1.807) is 11.1 Å². The molecule has 18 heavy (non-hydrogen) atoms. The molecule has 100 valence electrons. The zero-order valence-electron chi connectivity index (χ0n) is 11.9. The minimum absolute atomic E-state index is 0.725. The fourth-order valence-electron chi connectivity index (χ4n) is 3.02. The Morgan fingerprint density at radius 1 is 1.22 bits per heavy atom. The number of hydrogen-bond donors (Lipinski definition) is 1. The van der Waals surface area contributed by atoms with Crippen LogP contribution in [-0.4, -0.2) is 12.6 Å². The third-order valence-electron chi connectivity index (χ3n) is 4.12. The highest BCUT2D eigenvalue weighted by molar-refractivity contribution is 5.39. The van der Waals surface area contributed by atoms with Crippen LogP contribution in [0.2, 0.25) is 0 Å². The molecule has 1 N–H and O–H groups in total. The highest BCUT2D eigenvalue weighted by atomic mass is 14.9. The second-order valence-electron chi connectivity index (χ2n) is 5.63. The summed E-state index contributed by atoms with van der Waals surface area (Å²) in [5.74, 6) is 0.812. The van der Waals surface area contributed by atoms with Crippen molar-refractivity contribution in [2.45, 2.75) is 64.3 Å². The highest BCUT2D eigenvalue weighted by Gasteiger charge is 2.27. The number of unbranched alkanes of at least 4 members (excludes halogenated alkanes) is 1. The lowest BCUT2D eigenvalue weighted by Gasteiger charge is -2.33. The molecular formula is C17H27N. The third-order valence-corrected chi connectivity index (χ3v) is 4.12. The molecule has 0 heterocycles. The van der Waals surface area contributed by atoms with E-state index >= 15 is 0 Å². The van der Waals surface area contributed by atoms with E-state index in [1.165, 1.54) is 45.1 Å². The van der Waals surface area contributed by atoms with Crippen molar-refractivity contribution in [2.75, 3.05) is 6.54 Å². The number of hydrogen-bond acceptors (Lipinski definition) is 1. The number of rotatable bonds is 8. The van der Waals surface area contributed by atoms with Crippen molar-refractivity contribution in [2.24, 2.45) is 0 Å². The normalized spacial score (nSPS) is 19.1. The summed E-state index contributed by atoms with van der Waals surface area (Å²) in [5.41, 5.74) is 3.18. The van der Waals surface area contributed by atoms with Crippen LogP contribution >= 0.6 is 0 Å². The summed E-state index contributed by atoms with van der Waals surface area (Å²) < 4.78 is 0. The molecule has 1 aliphatic carbocycles. The largest absolute Gasteiger partial charge is 0.314 e. The minimum Gasteiger partial charge on any atom is -0.314 e. The topological polar surface area (TPSA) is 12.0 Å². The quantitative estimate of drug-likeness (QED) is 0.721. The van der Waals surface area contributed by atoms with E-state index in [0.29, 0.717) is 0 Å². The Bertz CT molecular complexity index is 350. The van der Waals surface area contributed by atoms with E-state index in [0.717, 1.165) is 12.0 Å². The van der Waals surface area contributed by atoms with Crippen LogP contribution in [0.25, 0.3) is 0 Å². The minimum atomic E-state index is 0.725. The molecule has 1 heteroatoms. The summed E-state index contributed by atoms with van der Waals surface area (Å²) in [6.45, 7) is 5.71. The van der Waals surface area contributed by atoms with Gasteiger partial charge in [0.1, 0.15) is 0 Å². The van der Waals surface area contributed by atoms with Crippen molar-refractivity contribution >= 4 is 0 Å². The van der Waals surface area contributed by atoms with Gasteiger partial charge in [-0.1, -0.05) is 51.0 Å². The predicted molar refractivity (Wildman–Crippen MR) is 79.1 cm³/mol.